The highest BCUT2D eigenvalue weighted by atomic mass is 28.4. The van der Waals surface area contributed by atoms with Gasteiger partial charge in [-0.2, -0.15) is 0 Å². The molecule has 0 rings (SSSR count). The summed E-state index contributed by atoms with van der Waals surface area (Å²) in [6.07, 6.45) is 22.4. The molecule has 0 saturated heterocycles. The third-order valence-corrected chi connectivity index (χ3v) is 9.35. The van der Waals surface area contributed by atoms with Crippen molar-refractivity contribution in [3.8, 4) is 0 Å². The fourth-order valence-electron chi connectivity index (χ4n) is 4.09. The Morgan fingerprint density at radius 3 is 1.61 bits per heavy atom. The molecule has 196 valence electrons. The van der Waals surface area contributed by atoms with E-state index in [0.29, 0.717) is 26.2 Å². The lowest BCUT2D eigenvalue weighted by atomic mass is 10.1. The van der Waals surface area contributed by atoms with Crippen molar-refractivity contribution in [1.29, 1.82) is 0 Å². The fraction of sp³-hybridized carbons (Fsp3) is 0.889. The molecule has 1 amide bonds. The van der Waals surface area contributed by atoms with Crippen LogP contribution in [0.15, 0.2) is 12.2 Å². The summed E-state index contributed by atoms with van der Waals surface area (Å²) in [5.74, 6) is 0.0791. The van der Waals surface area contributed by atoms with E-state index in [2.05, 4.69) is 24.4 Å². The highest BCUT2D eigenvalue weighted by molar-refractivity contribution is 6.62. The number of hydrogen-bond acceptors (Lipinski definition) is 4. The first-order valence-electron chi connectivity index (χ1n) is 14.0. The molecule has 1 N–H and O–H groups in total. The van der Waals surface area contributed by atoms with Crippen molar-refractivity contribution in [1.82, 2.24) is 5.32 Å². The fourth-order valence-corrected chi connectivity index (χ4v) is 6.99. The number of amides is 1. The average Bonchev–Trinajstić information content (AvgIpc) is 2.80. The van der Waals surface area contributed by atoms with Crippen LogP contribution in [0.4, 0.5) is 0 Å². The number of rotatable bonds is 24. The third-order valence-electron chi connectivity index (χ3n) is 5.87. The van der Waals surface area contributed by atoms with E-state index in [9.17, 15) is 4.79 Å². The topological polar surface area (TPSA) is 56.8 Å². The standard InChI is InChI=1S/C27H55NO4Si/c1-6-11-12-13-14-15-16-17-18-19-20-21-22-23-24-25-26(29)28-27(7-2)33(30-8-3,31-9-4)32-10-5/h17-18,27H,6-16,19-25H2,1-5H3,(H,28,29). The van der Waals surface area contributed by atoms with E-state index in [4.69, 9.17) is 13.3 Å². The molecule has 0 bridgehead atoms. The minimum absolute atomic E-state index is 0.0791. The molecule has 0 radical (unpaired) electrons. The lowest BCUT2D eigenvalue weighted by Gasteiger charge is -2.35. The number of hydrogen-bond donors (Lipinski definition) is 1. The second-order valence-electron chi connectivity index (χ2n) is 8.77. The van der Waals surface area contributed by atoms with E-state index >= 15 is 0 Å². The third kappa shape index (κ3) is 16.6. The van der Waals surface area contributed by atoms with Gasteiger partial charge in [0.05, 0.1) is 5.67 Å². The van der Waals surface area contributed by atoms with Gasteiger partial charge in [-0.3, -0.25) is 4.79 Å². The van der Waals surface area contributed by atoms with Crippen LogP contribution in [-0.2, 0) is 18.1 Å². The molecular formula is C27H55NO4Si. The molecule has 0 saturated carbocycles. The summed E-state index contributed by atoms with van der Waals surface area (Å²) >= 11 is 0. The van der Waals surface area contributed by atoms with Crippen molar-refractivity contribution in [2.24, 2.45) is 0 Å². The van der Waals surface area contributed by atoms with Crippen LogP contribution in [0.5, 0.6) is 0 Å². The van der Waals surface area contributed by atoms with Crippen LogP contribution in [0, 0.1) is 0 Å². The molecule has 1 unspecified atom stereocenters. The molecule has 0 aliphatic carbocycles. The van der Waals surface area contributed by atoms with Crippen LogP contribution < -0.4 is 5.32 Å². The Morgan fingerprint density at radius 2 is 1.15 bits per heavy atom. The molecule has 0 aliphatic rings. The van der Waals surface area contributed by atoms with Gasteiger partial charge in [-0.15, -0.1) is 0 Å². The van der Waals surface area contributed by atoms with Gasteiger partial charge in [-0.1, -0.05) is 77.4 Å². The van der Waals surface area contributed by atoms with Crippen LogP contribution in [-0.4, -0.2) is 40.2 Å². The number of unbranched alkanes of at least 4 members (excludes halogenated alkanes) is 11. The Hall–Kier alpha value is -0.693. The zero-order valence-electron chi connectivity index (χ0n) is 22.6. The van der Waals surface area contributed by atoms with Gasteiger partial charge in [0.25, 0.3) is 0 Å². The van der Waals surface area contributed by atoms with E-state index in [1.165, 1.54) is 70.6 Å². The Labute approximate surface area is 206 Å². The maximum absolute atomic E-state index is 12.5. The number of carbonyl (C=O) groups excluding carboxylic acids is 1. The Morgan fingerprint density at radius 1 is 0.697 bits per heavy atom. The molecule has 0 spiro atoms. The van der Waals surface area contributed by atoms with E-state index in [1.807, 2.05) is 27.7 Å². The van der Waals surface area contributed by atoms with E-state index in [0.717, 1.165) is 19.3 Å². The maximum Gasteiger partial charge on any atom is 0.524 e. The molecule has 0 fully saturated rings. The summed E-state index contributed by atoms with van der Waals surface area (Å²) in [5.41, 5.74) is -0.187. The first-order valence-corrected chi connectivity index (χ1v) is 15.8. The average molecular weight is 486 g/mol. The minimum Gasteiger partial charge on any atom is -0.373 e. The minimum atomic E-state index is -2.92. The quantitative estimate of drug-likeness (QED) is 0.0873. The van der Waals surface area contributed by atoms with Crippen molar-refractivity contribution < 1.29 is 18.1 Å². The molecule has 1 atom stereocenters. The second-order valence-corrected chi connectivity index (χ2v) is 11.5. The van der Waals surface area contributed by atoms with Gasteiger partial charge in [-0.25, -0.2) is 0 Å². The lowest BCUT2D eigenvalue weighted by Crippen LogP contribution is -2.62. The van der Waals surface area contributed by atoms with Crippen molar-refractivity contribution in [3.05, 3.63) is 12.2 Å². The normalized spacial score (nSPS) is 13.0. The predicted molar refractivity (Wildman–Crippen MR) is 142 cm³/mol. The van der Waals surface area contributed by atoms with E-state index in [1.54, 1.807) is 0 Å². The summed E-state index contributed by atoms with van der Waals surface area (Å²) in [6, 6.07) is 0. The van der Waals surface area contributed by atoms with Crippen molar-refractivity contribution >= 4 is 14.7 Å². The smallest absolute Gasteiger partial charge is 0.373 e. The number of carbonyl (C=O) groups is 1. The molecule has 0 aliphatic heterocycles. The first kappa shape index (κ1) is 32.3. The summed E-state index contributed by atoms with van der Waals surface area (Å²) < 4.78 is 17.9. The molecular weight excluding hydrogens is 430 g/mol. The molecule has 5 nitrogen and oxygen atoms in total. The number of nitrogens with one attached hydrogen (secondary N) is 1. The van der Waals surface area contributed by atoms with Gasteiger partial charge >= 0.3 is 8.80 Å². The Kier molecular flexibility index (Phi) is 22.6. The highest BCUT2D eigenvalue weighted by Crippen LogP contribution is 2.18. The Bertz CT molecular complexity index is 456. The largest absolute Gasteiger partial charge is 0.524 e. The van der Waals surface area contributed by atoms with Gasteiger partial charge in [0.1, 0.15) is 0 Å². The van der Waals surface area contributed by atoms with E-state index in [-0.39, 0.29) is 11.6 Å². The van der Waals surface area contributed by atoms with E-state index < -0.39 is 8.80 Å². The van der Waals surface area contributed by atoms with Gasteiger partial charge in [0.2, 0.25) is 5.91 Å². The summed E-state index contributed by atoms with van der Waals surface area (Å²) in [4.78, 5) is 12.5. The van der Waals surface area contributed by atoms with Crippen LogP contribution in [0.2, 0.25) is 0 Å². The van der Waals surface area contributed by atoms with Crippen molar-refractivity contribution in [2.75, 3.05) is 19.8 Å². The zero-order chi connectivity index (χ0) is 24.6. The van der Waals surface area contributed by atoms with Crippen molar-refractivity contribution in [2.45, 2.75) is 137 Å². The molecule has 0 aromatic heterocycles. The molecule has 0 aromatic rings. The highest BCUT2D eigenvalue weighted by Gasteiger charge is 2.49. The Balaban J connectivity index is 3.96. The molecule has 0 heterocycles. The zero-order valence-corrected chi connectivity index (χ0v) is 23.6. The van der Waals surface area contributed by atoms with Gasteiger partial charge in [-0.05, 0) is 59.3 Å². The predicted octanol–water partition coefficient (Wildman–Crippen LogP) is 7.51. The van der Waals surface area contributed by atoms with Gasteiger partial charge < -0.3 is 18.6 Å². The first-order chi connectivity index (χ1) is 16.1. The maximum atomic E-state index is 12.5. The SMILES string of the molecule is CCCCCCCCC=CCCCCCCCC(=O)NC(CC)[Si](OCC)(OCC)OCC. The second kappa shape index (κ2) is 23.1. The lowest BCUT2D eigenvalue weighted by molar-refractivity contribution is -0.122. The summed E-state index contributed by atoms with van der Waals surface area (Å²) in [6.45, 7) is 11.7. The molecule has 6 heteroatoms. The van der Waals surface area contributed by atoms with Crippen molar-refractivity contribution in [3.63, 3.8) is 0 Å². The van der Waals surface area contributed by atoms with Crippen LogP contribution in [0.1, 0.15) is 131 Å². The van der Waals surface area contributed by atoms with Gasteiger partial charge in [0, 0.05) is 26.2 Å². The summed E-state index contributed by atoms with van der Waals surface area (Å²) in [5, 5.41) is 3.15. The van der Waals surface area contributed by atoms with Crippen LogP contribution in [0.3, 0.4) is 0 Å². The number of allylic oxidation sites excluding steroid dienone is 2. The monoisotopic (exact) mass is 485 g/mol. The van der Waals surface area contributed by atoms with Gasteiger partial charge in [0.15, 0.2) is 0 Å². The van der Waals surface area contributed by atoms with Crippen LogP contribution >= 0.6 is 0 Å². The summed E-state index contributed by atoms with van der Waals surface area (Å²) in [7, 11) is -2.92. The molecule has 33 heavy (non-hydrogen) atoms. The molecule has 0 aromatic carbocycles. The van der Waals surface area contributed by atoms with Crippen LogP contribution in [0.25, 0.3) is 0 Å².